The number of benzene rings is 1. The van der Waals surface area contributed by atoms with Gasteiger partial charge in [-0.05, 0) is 18.6 Å². The first-order chi connectivity index (χ1) is 12.6. The average molecular weight is 439 g/mol. The smallest absolute Gasteiger partial charge is 0.340 e. The van der Waals surface area contributed by atoms with Crippen molar-refractivity contribution in [2.45, 2.75) is 11.1 Å². The molecule has 0 spiro atoms. The lowest BCUT2D eigenvalue weighted by molar-refractivity contribution is 0.278. The molecule has 13 heteroatoms. The largest absolute Gasteiger partial charge is 0.488 e. The molecule has 10 nitrogen and oxygen atoms in total. The zero-order chi connectivity index (χ0) is 20.2. The molecule has 27 heavy (non-hydrogen) atoms. The van der Waals surface area contributed by atoms with Crippen molar-refractivity contribution in [3.05, 3.63) is 17.7 Å². The van der Waals surface area contributed by atoms with Gasteiger partial charge in [-0.1, -0.05) is 0 Å². The van der Waals surface area contributed by atoms with Crippen LogP contribution < -0.4 is 25.7 Å². The van der Waals surface area contributed by atoms with Crippen LogP contribution in [0.3, 0.4) is 0 Å². The number of fused-ring (bicyclic) bond motifs is 1. The molecule has 0 aliphatic carbocycles. The Morgan fingerprint density at radius 3 is 2.22 bits per heavy atom. The first kappa shape index (κ1) is 22.1. The minimum atomic E-state index is -4.52. The SMILES string of the molecule is Cc1c(S(=O)(=O)NCP(=O)(O)O)sc2cc(OCCN)c(OCCN)cc12. The predicted octanol–water partition coefficient (Wildman–Crippen LogP) is 0.298. The second kappa shape index (κ2) is 8.84. The average Bonchev–Trinajstić information content (AvgIpc) is 2.92. The Labute approximate surface area is 160 Å². The number of sulfonamides is 1. The summed E-state index contributed by atoms with van der Waals surface area (Å²) in [6.07, 6.45) is -0.973. The van der Waals surface area contributed by atoms with Crippen molar-refractivity contribution in [1.82, 2.24) is 4.72 Å². The minimum Gasteiger partial charge on any atom is -0.488 e. The topological polar surface area (TPSA) is 174 Å². The van der Waals surface area contributed by atoms with E-state index in [1.165, 1.54) is 0 Å². The number of rotatable bonds is 10. The van der Waals surface area contributed by atoms with Gasteiger partial charge < -0.3 is 30.7 Å². The minimum absolute atomic E-state index is 0.0355. The summed E-state index contributed by atoms with van der Waals surface area (Å²) in [7, 11) is -8.61. The Morgan fingerprint density at radius 1 is 1.15 bits per heavy atom. The van der Waals surface area contributed by atoms with E-state index in [1.807, 2.05) is 4.72 Å². The third-order valence-corrected chi connectivity index (χ3v) is 7.47. The maximum Gasteiger partial charge on any atom is 0.340 e. The van der Waals surface area contributed by atoms with Crippen LogP contribution >= 0.6 is 18.9 Å². The van der Waals surface area contributed by atoms with Crippen LogP contribution in [0.4, 0.5) is 0 Å². The molecule has 0 atom stereocenters. The van der Waals surface area contributed by atoms with Crippen molar-refractivity contribution in [2.24, 2.45) is 11.5 Å². The van der Waals surface area contributed by atoms with Gasteiger partial charge in [0.15, 0.2) is 11.5 Å². The van der Waals surface area contributed by atoms with E-state index in [-0.39, 0.29) is 17.4 Å². The molecule has 2 rings (SSSR count). The normalized spacial score (nSPS) is 12.5. The summed E-state index contributed by atoms with van der Waals surface area (Å²) < 4.78 is 49.5. The molecule has 0 amide bonds. The Bertz CT molecular complexity index is 955. The van der Waals surface area contributed by atoms with Crippen molar-refractivity contribution in [3.8, 4) is 11.5 Å². The predicted molar refractivity (Wildman–Crippen MR) is 103 cm³/mol. The molecule has 0 bridgehead atoms. The van der Waals surface area contributed by atoms with E-state index in [2.05, 4.69) is 0 Å². The monoisotopic (exact) mass is 439 g/mol. The molecule has 1 aromatic heterocycles. The molecular formula is C14H22N3O7PS2. The molecule has 1 heterocycles. The van der Waals surface area contributed by atoms with Gasteiger partial charge in [-0.25, -0.2) is 8.42 Å². The van der Waals surface area contributed by atoms with Crippen LogP contribution in [-0.2, 0) is 14.6 Å². The van der Waals surface area contributed by atoms with Crippen molar-refractivity contribution >= 4 is 39.0 Å². The molecule has 7 N–H and O–H groups in total. The van der Waals surface area contributed by atoms with Crippen molar-refractivity contribution in [2.75, 3.05) is 32.6 Å². The lowest BCUT2D eigenvalue weighted by Crippen LogP contribution is -2.24. The second-order valence-corrected chi connectivity index (χ2v) is 10.2. The number of hydrogen-bond acceptors (Lipinski definition) is 8. The Balaban J connectivity index is 2.48. The van der Waals surface area contributed by atoms with E-state index in [1.54, 1.807) is 19.1 Å². The molecule has 0 unspecified atom stereocenters. The molecule has 0 aliphatic rings. The summed E-state index contributed by atoms with van der Waals surface area (Å²) in [6.45, 7) is 2.71. The highest BCUT2D eigenvalue weighted by molar-refractivity contribution is 7.92. The molecule has 1 aromatic carbocycles. The Hall–Kier alpha value is -1.24. The highest BCUT2D eigenvalue weighted by Crippen LogP contribution is 2.41. The molecule has 0 saturated heterocycles. The second-order valence-electron chi connectivity index (χ2n) is 5.55. The zero-order valence-corrected chi connectivity index (χ0v) is 17.1. The van der Waals surface area contributed by atoms with Crippen molar-refractivity contribution in [3.63, 3.8) is 0 Å². The van der Waals surface area contributed by atoms with Crippen molar-refractivity contribution < 1.29 is 32.2 Å². The Morgan fingerprint density at radius 2 is 1.70 bits per heavy atom. The molecule has 0 fully saturated rings. The van der Waals surface area contributed by atoms with Crippen LogP contribution in [0.2, 0.25) is 0 Å². The summed E-state index contributed by atoms with van der Waals surface area (Å²) in [5, 5.41) is 0.628. The van der Waals surface area contributed by atoms with Gasteiger partial charge in [0.1, 0.15) is 23.7 Å². The lowest BCUT2D eigenvalue weighted by atomic mass is 10.2. The van der Waals surface area contributed by atoms with Crippen molar-refractivity contribution in [1.29, 1.82) is 0 Å². The molecule has 0 radical (unpaired) electrons. The molecule has 152 valence electrons. The fraction of sp³-hybridized carbons (Fsp3) is 0.429. The van der Waals surface area contributed by atoms with Crippen LogP contribution in [0, 0.1) is 6.92 Å². The summed E-state index contributed by atoms with van der Waals surface area (Å²) in [5.74, 6) is 0.823. The van der Waals surface area contributed by atoms with E-state index >= 15 is 0 Å². The van der Waals surface area contributed by atoms with Gasteiger partial charge in [0, 0.05) is 29.2 Å². The summed E-state index contributed by atoms with van der Waals surface area (Å²) in [5.41, 5.74) is 11.4. The maximum atomic E-state index is 12.4. The first-order valence-electron chi connectivity index (χ1n) is 7.86. The van der Waals surface area contributed by atoms with Gasteiger partial charge in [-0.2, -0.15) is 4.72 Å². The molecule has 0 aliphatic heterocycles. The fourth-order valence-electron chi connectivity index (χ4n) is 2.26. The van der Waals surface area contributed by atoms with Gasteiger partial charge >= 0.3 is 7.60 Å². The molecule has 2 aromatic rings. The van der Waals surface area contributed by atoms with Crippen LogP contribution in [0.5, 0.6) is 11.5 Å². The van der Waals surface area contributed by atoms with Gasteiger partial charge in [0.05, 0.1) is 0 Å². The van der Waals surface area contributed by atoms with Crippen LogP contribution in [0.15, 0.2) is 16.3 Å². The zero-order valence-electron chi connectivity index (χ0n) is 14.5. The highest BCUT2D eigenvalue weighted by atomic mass is 32.2. The number of ether oxygens (including phenoxy) is 2. The number of hydrogen-bond donors (Lipinski definition) is 5. The number of nitrogens with two attached hydrogens (primary N) is 2. The lowest BCUT2D eigenvalue weighted by Gasteiger charge is -2.12. The summed E-state index contributed by atoms with van der Waals surface area (Å²) in [6, 6.07) is 3.31. The molecular weight excluding hydrogens is 417 g/mol. The van der Waals surface area contributed by atoms with E-state index in [9.17, 15) is 13.0 Å². The van der Waals surface area contributed by atoms with Gasteiger partial charge in [0.2, 0.25) is 0 Å². The van der Waals surface area contributed by atoms with Crippen LogP contribution in [0.1, 0.15) is 5.56 Å². The number of aryl methyl sites for hydroxylation is 1. The summed E-state index contributed by atoms with van der Waals surface area (Å²) >= 11 is 0.967. The first-order valence-corrected chi connectivity index (χ1v) is 12.0. The van der Waals surface area contributed by atoms with Gasteiger partial charge in [-0.3, -0.25) is 4.57 Å². The fourth-order valence-corrected chi connectivity index (χ4v) is 6.09. The van der Waals surface area contributed by atoms with Gasteiger partial charge in [0.25, 0.3) is 10.0 Å². The van der Waals surface area contributed by atoms with Crippen LogP contribution in [-0.4, -0.2) is 50.8 Å². The number of thiophene rings is 1. The highest BCUT2D eigenvalue weighted by Gasteiger charge is 2.26. The standard InChI is InChI=1S/C14H22N3O7PS2/c1-9-10-6-11(23-4-2-15)12(24-5-3-16)7-13(10)26-14(9)27(21,22)17-8-25(18,19)20/h6-7,17H,2-5,8,15-16H2,1H3,(H2,18,19,20). The van der Waals surface area contributed by atoms with Crippen LogP contribution in [0.25, 0.3) is 10.1 Å². The quantitative estimate of drug-likeness (QED) is 0.326. The van der Waals surface area contributed by atoms with E-state index in [0.29, 0.717) is 40.2 Å². The van der Waals surface area contributed by atoms with Gasteiger partial charge in [-0.15, -0.1) is 11.3 Å². The molecule has 0 saturated carbocycles. The number of nitrogens with one attached hydrogen (secondary N) is 1. The maximum absolute atomic E-state index is 12.4. The third kappa shape index (κ3) is 5.62. The van der Waals surface area contributed by atoms with E-state index < -0.39 is 23.9 Å². The van der Waals surface area contributed by atoms with E-state index in [0.717, 1.165) is 11.3 Å². The van der Waals surface area contributed by atoms with E-state index in [4.69, 9.17) is 30.7 Å². The summed E-state index contributed by atoms with van der Waals surface area (Å²) in [4.78, 5) is 17.8. The Kier molecular flexibility index (Phi) is 7.22. The third-order valence-electron chi connectivity index (χ3n) is 3.41.